The number of primary amides is 1. The molecule has 4 rings (SSSR count). The number of para-hydroxylation sites is 4. The van der Waals surface area contributed by atoms with Gasteiger partial charge in [0.15, 0.2) is 17.6 Å². The number of aliphatic hydroxyl groups excluding tert-OH is 1. The first-order chi connectivity index (χ1) is 14.5. The molecule has 4 N–H and O–H groups in total. The summed E-state index contributed by atoms with van der Waals surface area (Å²) < 4.78 is 5.90. The number of carbonyl (C=O) groups is 2. The Morgan fingerprint density at radius 1 is 0.900 bits per heavy atom. The number of nitrogens with one attached hydrogen (secondary N) is 1. The zero-order valence-corrected chi connectivity index (χ0v) is 16.1. The second kappa shape index (κ2) is 8.26. The number of ether oxygens (including phenoxy) is 1. The lowest BCUT2D eigenvalue weighted by molar-refractivity contribution is -0.127. The molecule has 3 amide bonds. The first kappa shape index (κ1) is 19.5. The summed E-state index contributed by atoms with van der Waals surface area (Å²) in [4.78, 5) is 26.5. The summed E-state index contributed by atoms with van der Waals surface area (Å²) >= 11 is 0. The SMILES string of the molecule is NC(=O)C(O)C(Cc1ccccc1)NC(=O)N1c2ccccc2Oc2ccccc21. The van der Waals surface area contributed by atoms with E-state index in [1.54, 1.807) is 36.4 Å². The number of anilines is 2. The van der Waals surface area contributed by atoms with Gasteiger partial charge in [-0.1, -0.05) is 54.6 Å². The predicted octanol–water partition coefficient (Wildman–Crippen LogP) is 3.10. The number of carbonyl (C=O) groups excluding carboxylic acids is 2. The van der Waals surface area contributed by atoms with Gasteiger partial charge < -0.3 is 20.9 Å². The molecule has 2 unspecified atom stereocenters. The summed E-state index contributed by atoms with van der Waals surface area (Å²) in [5.74, 6) is 0.154. The van der Waals surface area contributed by atoms with Crippen LogP contribution in [0, 0.1) is 0 Å². The van der Waals surface area contributed by atoms with E-state index >= 15 is 0 Å². The first-order valence-electron chi connectivity index (χ1n) is 9.52. The average Bonchev–Trinajstić information content (AvgIpc) is 2.77. The summed E-state index contributed by atoms with van der Waals surface area (Å²) in [6, 6.07) is 22.2. The number of nitrogens with zero attached hydrogens (tertiary/aromatic N) is 1. The van der Waals surface area contributed by atoms with Gasteiger partial charge in [0.05, 0.1) is 17.4 Å². The van der Waals surface area contributed by atoms with Crippen LogP contribution in [0.5, 0.6) is 11.5 Å². The minimum absolute atomic E-state index is 0.240. The minimum Gasteiger partial charge on any atom is -0.453 e. The quantitative estimate of drug-likeness (QED) is 0.609. The van der Waals surface area contributed by atoms with Crippen LogP contribution in [-0.4, -0.2) is 29.2 Å². The number of benzene rings is 3. The Balaban J connectivity index is 1.66. The van der Waals surface area contributed by atoms with Crippen molar-refractivity contribution in [1.29, 1.82) is 0 Å². The van der Waals surface area contributed by atoms with Crippen molar-refractivity contribution in [3.8, 4) is 11.5 Å². The van der Waals surface area contributed by atoms with Crippen LogP contribution in [0.1, 0.15) is 5.56 Å². The van der Waals surface area contributed by atoms with Crippen LogP contribution in [-0.2, 0) is 11.2 Å². The highest BCUT2D eigenvalue weighted by atomic mass is 16.5. The Labute approximate surface area is 173 Å². The second-order valence-electron chi connectivity index (χ2n) is 6.97. The van der Waals surface area contributed by atoms with Gasteiger partial charge in [-0.3, -0.25) is 9.69 Å². The standard InChI is InChI=1S/C23H21N3O4/c24-22(28)21(27)16(14-15-8-2-1-3-9-15)25-23(29)26-17-10-4-6-12-19(17)30-20-13-7-5-11-18(20)26/h1-13,16,21,27H,14H2,(H2,24,28)(H,25,29). The van der Waals surface area contributed by atoms with Gasteiger partial charge in [-0.15, -0.1) is 0 Å². The summed E-state index contributed by atoms with van der Waals surface area (Å²) in [6.07, 6.45) is -1.30. The maximum absolute atomic E-state index is 13.3. The molecule has 0 saturated carbocycles. The second-order valence-corrected chi connectivity index (χ2v) is 6.97. The molecule has 1 aliphatic heterocycles. The van der Waals surface area contributed by atoms with Crippen LogP contribution in [0.4, 0.5) is 16.2 Å². The molecule has 3 aromatic rings. The number of hydrogen-bond donors (Lipinski definition) is 3. The molecule has 0 bridgehead atoms. The fraction of sp³-hybridized carbons (Fsp3) is 0.130. The van der Waals surface area contributed by atoms with E-state index in [0.717, 1.165) is 5.56 Å². The number of rotatable bonds is 5. The number of aliphatic hydroxyl groups is 1. The molecule has 0 aliphatic carbocycles. The van der Waals surface area contributed by atoms with Crippen molar-refractivity contribution in [3.63, 3.8) is 0 Å². The molecule has 152 valence electrons. The fourth-order valence-corrected chi connectivity index (χ4v) is 3.45. The molecule has 0 saturated heterocycles. The summed E-state index contributed by atoms with van der Waals surface area (Å²) in [5, 5.41) is 13.1. The van der Waals surface area contributed by atoms with Crippen LogP contribution < -0.4 is 20.7 Å². The smallest absolute Gasteiger partial charge is 0.327 e. The lowest BCUT2D eigenvalue weighted by atomic mass is 10.0. The molecule has 1 aliphatic rings. The average molecular weight is 403 g/mol. The van der Waals surface area contributed by atoms with Gasteiger partial charge in [0.1, 0.15) is 0 Å². The van der Waals surface area contributed by atoms with Crippen molar-refractivity contribution in [3.05, 3.63) is 84.4 Å². The molecule has 0 radical (unpaired) electrons. The van der Waals surface area contributed by atoms with Gasteiger partial charge in [-0.05, 0) is 36.2 Å². The van der Waals surface area contributed by atoms with E-state index in [4.69, 9.17) is 10.5 Å². The van der Waals surface area contributed by atoms with E-state index in [1.807, 2.05) is 42.5 Å². The highest BCUT2D eigenvalue weighted by Gasteiger charge is 2.33. The summed E-state index contributed by atoms with van der Waals surface area (Å²) in [5.41, 5.74) is 7.29. The molecule has 0 aromatic heterocycles. The van der Waals surface area contributed by atoms with E-state index in [2.05, 4.69) is 5.32 Å². The minimum atomic E-state index is -1.54. The predicted molar refractivity (Wildman–Crippen MR) is 113 cm³/mol. The van der Waals surface area contributed by atoms with Crippen LogP contribution in [0.2, 0.25) is 0 Å². The fourth-order valence-electron chi connectivity index (χ4n) is 3.45. The van der Waals surface area contributed by atoms with E-state index in [1.165, 1.54) is 4.90 Å². The van der Waals surface area contributed by atoms with Gasteiger partial charge in [0.2, 0.25) is 5.91 Å². The largest absolute Gasteiger partial charge is 0.453 e. The topological polar surface area (TPSA) is 105 Å². The monoisotopic (exact) mass is 403 g/mol. The Morgan fingerprint density at radius 3 is 2.00 bits per heavy atom. The molecule has 1 heterocycles. The zero-order valence-electron chi connectivity index (χ0n) is 16.1. The molecule has 3 aromatic carbocycles. The molecule has 0 fully saturated rings. The van der Waals surface area contributed by atoms with Gasteiger partial charge >= 0.3 is 6.03 Å². The van der Waals surface area contributed by atoms with E-state index < -0.39 is 24.1 Å². The third-order valence-corrected chi connectivity index (χ3v) is 4.92. The van der Waals surface area contributed by atoms with Crippen LogP contribution in [0.3, 0.4) is 0 Å². The maximum Gasteiger partial charge on any atom is 0.327 e. The lowest BCUT2D eigenvalue weighted by Gasteiger charge is -2.33. The van der Waals surface area contributed by atoms with E-state index in [0.29, 0.717) is 22.9 Å². The number of nitrogens with two attached hydrogens (primary N) is 1. The molecular weight excluding hydrogens is 382 g/mol. The Morgan fingerprint density at radius 2 is 1.43 bits per heavy atom. The highest BCUT2D eigenvalue weighted by Crippen LogP contribution is 2.46. The molecule has 0 spiro atoms. The first-order valence-corrected chi connectivity index (χ1v) is 9.52. The molecule has 30 heavy (non-hydrogen) atoms. The van der Waals surface area contributed by atoms with Crippen LogP contribution in [0.25, 0.3) is 0 Å². The third-order valence-electron chi connectivity index (χ3n) is 4.92. The van der Waals surface area contributed by atoms with Crippen molar-refractivity contribution in [1.82, 2.24) is 5.32 Å². The number of urea groups is 1. The Hall–Kier alpha value is -3.84. The Bertz CT molecular complexity index is 1030. The summed E-state index contributed by atoms with van der Waals surface area (Å²) in [7, 11) is 0. The van der Waals surface area contributed by atoms with Crippen molar-refractivity contribution in [2.45, 2.75) is 18.6 Å². The van der Waals surface area contributed by atoms with E-state index in [9.17, 15) is 14.7 Å². The normalized spacial score (nSPS) is 14.0. The van der Waals surface area contributed by atoms with Gasteiger partial charge in [-0.2, -0.15) is 0 Å². The van der Waals surface area contributed by atoms with Crippen molar-refractivity contribution < 1.29 is 19.4 Å². The number of hydrogen-bond acceptors (Lipinski definition) is 4. The van der Waals surface area contributed by atoms with Crippen molar-refractivity contribution >= 4 is 23.3 Å². The summed E-state index contributed by atoms with van der Waals surface area (Å²) in [6.45, 7) is 0. The lowest BCUT2D eigenvalue weighted by Crippen LogP contribution is -2.53. The molecule has 2 atom stereocenters. The van der Waals surface area contributed by atoms with Crippen molar-refractivity contribution in [2.75, 3.05) is 4.90 Å². The van der Waals surface area contributed by atoms with Gasteiger partial charge in [-0.25, -0.2) is 4.79 Å². The van der Waals surface area contributed by atoms with Crippen LogP contribution >= 0.6 is 0 Å². The Kier molecular flexibility index (Phi) is 5.36. The molecule has 7 heteroatoms. The molecular formula is C23H21N3O4. The highest BCUT2D eigenvalue weighted by molar-refractivity contribution is 6.03. The van der Waals surface area contributed by atoms with Gasteiger partial charge in [0, 0.05) is 0 Å². The van der Waals surface area contributed by atoms with Gasteiger partial charge in [0.25, 0.3) is 0 Å². The zero-order chi connectivity index (χ0) is 21.1. The maximum atomic E-state index is 13.3. The van der Waals surface area contributed by atoms with Crippen LogP contribution in [0.15, 0.2) is 78.9 Å². The molecule has 7 nitrogen and oxygen atoms in total. The third kappa shape index (κ3) is 3.83. The number of amides is 3. The number of fused-ring (bicyclic) bond motifs is 2. The van der Waals surface area contributed by atoms with Crippen molar-refractivity contribution in [2.24, 2.45) is 5.73 Å². The van der Waals surface area contributed by atoms with E-state index in [-0.39, 0.29) is 6.42 Å².